The van der Waals surface area contributed by atoms with Crippen LogP contribution in [0.15, 0.2) is 48.5 Å². The molecule has 0 bridgehead atoms. The van der Waals surface area contributed by atoms with Crippen LogP contribution in [0.25, 0.3) is 0 Å². The summed E-state index contributed by atoms with van der Waals surface area (Å²) >= 11 is 0. The number of ether oxygens (including phenoxy) is 1. The fourth-order valence-corrected chi connectivity index (χ4v) is 2.25. The van der Waals surface area contributed by atoms with E-state index in [2.05, 4.69) is 24.3 Å². The molecule has 3 rings (SSSR count). The minimum Gasteiger partial charge on any atom is -0.489 e. The minimum atomic E-state index is 0.634. The second-order valence-corrected chi connectivity index (χ2v) is 4.88. The second-order valence-electron chi connectivity index (χ2n) is 4.88. The van der Waals surface area contributed by atoms with Crippen molar-refractivity contribution in [3.63, 3.8) is 0 Å². The summed E-state index contributed by atoms with van der Waals surface area (Å²) in [6, 6.07) is 19.7. The largest absolute Gasteiger partial charge is 0.489 e. The molecular weight excluding hydrogens is 220 g/mol. The zero-order chi connectivity index (χ0) is 12.2. The SMILES string of the molecule is [c]1ccc(OCc2ccccc2)cc1C1CCC1. The van der Waals surface area contributed by atoms with E-state index in [1.807, 2.05) is 30.3 Å². The van der Waals surface area contributed by atoms with E-state index in [0.29, 0.717) is 12.5 Å². The van der Waals surface area contributed by atoms with E-state index >= 15 is 0 Å². The Kier molecular flexibility index (Phi) is 3.31. The first-order valence-corrected chi connectivity index (χ1v) is 6.60. The van der Waals surface area contributed by atoms with Gasteiger partial charge in [-0.2, -0.15) is 0 Å². The van der Waals surface area contributed by atoms with Gasteiger partial charge in [0, 0.05) is 0 Å². The lowest BCUT2D eigenvalue weighted by atomic mass is 9.80. The number of rotatable bonds is 4. The van der Waals surface area contributed by atoms with Crippen LogP contribution in [-0.4, -0.2) is 0 Å². The molecule has 0 spiro atoms. The predicted octanol–water partition coefficient (Wildman–Crippen LogP) is 4.33. The number of hydrogen-bond donors (Lipinski definition) is 0. The van der Waals surface area contributed by atoms with Crippen molar-refractivity contribution in [2.24, 2.45) is 0 Å². The molecule has 0 aliphatic heterocycles. The van der Waals surface area contributed by atoms with Crippen molar-refractivity contribution in [2.75, 3.05) is 0 Å². The first-order chi connectivity index (χ1) is 8.92. The lowest BCUT2D eigenvalue weighted by Crippen LogP contribution is -2.08. The molecule has 0 aromatic heterocycles. The van der Waals surface area contributed by atoms with Gasteiger partial charge >= 0.3 is 0 Å². The highest BCUT2D eigenvalue weighted by molar-refractivity contribution is 5.31. The lowest BCUT2D eigenvalue weighted by Gasteiger charge is -2.25. The maximum absolute atomic E-state index is 5.83. The number of hydrogen-bond acceptors (Lipinski definition) is 1. The van der Waals surface area contributed by atoms with Gasteiger partial charge in [-0.1, -0.05) is 42.8 Å². The van der Waals surface area contributed by atoms with E-state index < -0.39 is 0 Å². The highest BCUT2D eigenvalue weighted by Crippen LogP contribution is 2.37. The third-order valence-corrected chi connectivity index (χ3v) is 3.59. The second kappa shape index (κ2) is 5.26. The van der Waals surface area contributed by atoms with Crippen LogP contribution in [0.4, 0.5) is 0 Å². The maximum atomic E-state index is 5.83. The fraction of sp³-hybridized carbons (Fsp3) is 0.294. The highest BCUT2D eigenvalue weighted by atomic mass is 16.5. The van der Waals surface area contributed by atoms with E-state index in [1.54, 1.807) is 0 Å². The average Bonchev–Trinajstić information content (AvgIpc) is 2.36. The maximum Gasteiger partial charge on any atom is 0.120 e. The van der Waals surface area contributed by atoms with Gasteiger partial charge in [-0.25, -0.2) is 0 Å². The molecule has 0 unspecified atom stereocenters. The normalized spacial score (nSPS) is 15.1. The van der Waals surface area contributed by atoms with Gasteiger partial charge < -0.3 is 4.74 Å². The van der Waals surface area contributed by atoms with Gasteiger partial charge in [-0.3, -0.25) is 0 Å². The van der Waals surface area contributed by atoms with Crippen molar-refractivity contribution in [2.45, 2.75) is 31.8 Å². The van der Waals surface area contributed by atoms with E-state index in [4.69, 9.17) is 4.74 Å². The lowest BCUT2D eigenvalue weighted by molar-refractivity contribution is 0.305. The Bertz CT molecular complexity index is 500. The molecule has 1 aliphatic rings. The van der Waals surface area contributed by atoms with Crippen LogP contribution >= 0.6 is 0 Å². The van der Waals surface area contributed by atoms with Crippen molar-refractivity contribution >= 4 is 0 Å². The van der Waals surface area contributed by atoms with E-state index in [0.717, 1.165) is 5.75 Å². The van der Waals surface area contributed by atoms with Gasteiger partial charge in [0.05, 0.1) is 0 Å². The Morgan fingerprint density at radius 2 is 1.94 bits per heavy atom. The van der Waals surface area contributed by atoms with E-state index in [1.165, 1.54) is 30.4 Å². The summed E-state index contributed by atoms with van der Waals surface area (Å²) in [7, 11) is 0. The van der Waals surface area contributed by atoms with Gasteiger partial charge in [0.25, 0.3) is 0 Å². The van der Waals surface area contributed by atoms with Crippen LogP contribution in [0, 0.1) is 6.07 Å². The summed E-state index contributed by atoms with van der Waals surface area (Å²) in [6.45, 7) is 0.634. The van der Waals surface area contributed by atoms with Crippen molar-refractivity contribution in [3.05, 3.63) is 65.7 Å². The summed E-state index contributed by atoms with van der Waals surface area (Å²) in [5, 5.41) is 0. The molecule has 1 heteroatoms. The Hall–Kier alpha value is -1.76. The molecule has 1 radical (unpaired) electrons. The van der Waals surface area contributed by atoms with Crippen LogP contribution in [0.5, 0.6) is 5.75 Å². The third-order valence-electron chi connectivity index (χ3n) is 3.59. The van der Waals surface area contributed by atoms with Crippen LogP contribution in [-0.2, 0) is 6.61 Å². The third kappa shape index (κ3) is 2.56. The first kappa shape index (κ1) is 11.3. The minimum absolute atomic E-state index is 0.634. The zero-order valence-electron chi connectivity index (χ0n) is 10.4. The van der Waals surface area contributed by atoms with Gasteiger partial charge in [0.15, 0.2) is 0 Å². The first-order valence-electron chi connectivity index (χ1n) is 6.60. The van der Waals surface area contributed by atoms with E-state index in [9.17, 15) is 0 Å². The average molecular weight is 237 g/mol. The number of benzene rings is 2. The Morgan fingerprint density at radius 1 is 1.11 bits per heavy atom. The van der Waals surface area contributed by atoms with Crippen molar-refractivity contribution < 1.29 is 4.74 Å². The molecule has 18 heavy (non-hydrogen) atoms. The van der Waals surface area contributed by atoms with Crippen molar-refractivity contribution in [1.29, 1.82) is 0 Å². The van der Waals surface area contributed by atoms with Gasteiger partial charge in [0.2, 0.25) is 0 Å². The van der Waals surface area contributed by atoms with Gasteiger partial charge in [-0.05, 0) is 48.1 Å². The fourth-order valence-electron chi connectivity index (χ4n) is 2.25. The Morgan fingerprint density at radius 3 is 2.67 bits per heavy atom. The summed E-state index contributed by atoms with van der Waals surface area (Å²) in [5.41, 5.74) is 2.52. The molecule has 1 saturated carbocycles. The van der Waals surface area contributed by atoms with Crippen molar-refractivity contribution in [1.82, 2.24) is 0 Å². The molecule has 0 amide bonds. The van der Waals surface area contributed by atoms with E-state index in [-0.39, 0.29) is 0 Å². The van der Waals surface area contributed by atoms with Crippen molar-refractivity contribution in [3.8, 4) is 5.75 Å². The molecule has 2 aromatic carbocycles. The molecule has 1 nitrogen and oxygen atoms in total. The van der Waals surface area contributed by atoms with Crippen LogP contribution in [0.3, 0.4) is 0 Å². The van der Waals surface area contributed by atoms with Gasteiger partial charge in [-0.15, -0.1) is 0 Å². The topological polar surface area (TPSA) is 9.23 Å². The van der Waals surface area contributed by atoms with Crippen LogP contribution in [0.2, 0.25) is 0 Å². The Labute approximate surface area is 108 Å². The van der Waals surface area contributed by atoms with Gasteiger partial charge in [0.1, 0.15) is 12.4 Å². The Balaban J connectivity index is 1.65. The predicted molar refractivity (Wildman–Crippen MR) is 72.6 cm³/mol. The standard InChI is InChI=1S/C17H17O/c1-2-6-14(7-3-1)13-18-17-11-5-10-16(12-17)15-8-4-9-15/h1-3,5-7,11-12,15H,4,8-9,13H2. The summed E-state index contributed by atoms with van der Waals surface area (Å²) < 4.78 is 5.83. The van der Waals surface area contributed by atoms with Crippen LogP contribution in [0.1, 0.15) is 36.3 Å². The molecule has 0 heterocycles. The molecule has 91 valence electrons. The zero-order valence-corrected chi connectivity index (χ0v) is 10.4. The molecule has 1 fully saturated rings. The molecule has 0 N–H and O–H groups in total. The summed E-state index contributed by atoms with van der Waals surface area (Å²) in [4.78, 5) is 0. The smallest absolute Gasteiger partial charge is 0.120 e. The van der Waals surface area contributed by atoms with Crippen LogP contribution < -0.4 is 4.74 Å². The quantitative estimate of drug-likeness (QED) is 0.769. The molecule has 0 atom stereocenters. The molecule has 0 saturated heterocycles. The summed E-state index contributed by atoms with van der Waals surface area (Å²) in [5.74, 6) is 1.67. The monoisotopic (exact) mass is 237 g/mol. The molecular formula is C17H17O. The summed E-state index contributed by atoms with van der Waals surface area (Å²) in [6.07, 6.45) is 3.96. The molecule has 1 aliphatic carbocycles. The molecule has 2 aromatic rings. The highest BCUT2D eigenvalue weighted by Gasteiger charge is 2.19.